The third kappa shape index (κ3) is 4.10. The van der Waals surface area contributed by atoms with Crippen LogP contribution in [0.5, 0.6) is 0 Å². The normalized spacial score (nSPS) is 16.4. The van der Waals surface area contributed by atoms with Crippen LogP contribution >= 0.6 is 0 Å². The summed E-state index contributed by atoms with van der Waals surface area (Å²) in [5, 5.41) is 8.70. The molecule has 0 heterocycles. The summed E-state index contributed by atoms with van der Waals surface area (Å²) in [6, 6.07) is 6.27. The summed E-state index contributed by atoms with van der Waals surface area (Å²) in [6.07, 6.45) is 2.80. The van der Waals surface area contributed by atoms with Gasteiger partial charge in [-0.3, -0.25) is 9.59 Å². The first-order chi connectivity index (χ1) is 10.8. The molecular formula is C16H21NO5S. The Balaban J connectivity index is 2.06. The quantitative estimate of drug-likeness (QED) is 0.793. The van der Waals surface area contributed by atoms with Crippen LogP contribution in [-0.2, 0) is 19.6 Å². The summed E-state index contributed by atoms with van der Waals surface area (Å²) in [7, 11) is -3.89. The maximum absolute atomic E-state index is 12.4. The predicted molar refractivity (Wildman–Crippen MR) is 84.3 cm³/mol. The van der Waals surface area contributed by atoms with Crippen LogP contribution in [0.2, 0.25) is 0 Å². The van der Waals surface area contributed by atoms with Gasteiger partial charge < -0.3 is 5.11 Å². The molecular weight excluding hydrogens is 318 g/mol. The topological polar surface area (TPSA) is 101 Å². The Labute approximate surface area is 136 Å². The van der Waals surface area contributed by atoms with Gasteiger partial charge in [0, 0.05) is 6.42 Å². The first-order valence-electron chi connectivity index (χ1n) is 7.61. The Bertz CT molecular complexity index is 690. The molecule has 0 bridgehead atoms. The lowest BCUT2D eigenvalue weighted by Gasteiger charge is -2.40. The number of rotatable bonds is 7. The lowest BCUT2D eigenvalue weighted by molar-refractivity contribution is -0.139. The molecule has 1 aliphatic carbocycles. The van der Waals surface area contributed by atoms with E-state index in [0.717, 1.165) is 12.0 Å². The van der Waals surface area contributed by atoms with Crippen molar-refractivity contribution in [3.8, 4) is 0 Å². The molecule has 0 saturated heterocycles. The van der Waals surface area contributed by atoms with Crippen molar-refractivity contribution in [1.82, 2.24) is 4.72 Å². The fourth-order valence-corrected chi connectivity index (χ4v) is 3.85. The number of hydrogen-bond acceptors (Lipinski definition) is 4. The molecule has 1 saturated carbocycles. The Hall–Kier alpha value is -1.89. The second kappa shape index (κ2) is 6.70. The van der Waals surface area contributed by atoms with Crippen LogP contribution in [0.1, 0.15) is 44.1 Å². The van der Waals surface area contributed by atoms with Crippen molar-refractivity contribution in [2.75, 3.05) is 0 Å². The lowest BCUT2D eigenvalue weighted by Crippen LogP contribution is -2.47. The third-order valence-corrected chi connectivity index (χ3v) is 5.74. The number of amides is 1. The van der Waals surface area contributed by atoms with Crippen LogP contribution in [0.25, 0.3) is 0 Å². The smallest absolute Gasteiger partial charge is 0.303 e. The van der Waals surface area contributed by atoms with E-state index in [9.17, 15) is 18.0 Å². The van der Waals surface area contributed by atoms with Crippen LogP contribution in [0.4, 0.5) is 0 Å². The third-order valence-electron chi connectivity index (χ3n) is 4.40. The zero-order valence-electron chi connectivity index (χ0n) is 13.0. The number of carboxylic acid groups (broad SMARTS) is 1. The average molecular weight is 339 g/mol. The molecule has 0 aromatic heterocycles. The Morgan fingerprint density at radius 2 is 1.83 bits per heavy atom. The molecule has 7 heteroatoms. The van der Waals surface area contributed by atoms with Gasteiger partial charge >= 0.3 is 5.97 Å². The van der Waals surface area contributed by atoms with Gasteiger partial charge in [-0.1, -0.05) is 24.1 Å². The molecule has 1 fully saturated rings. The van der Waals surface area contributed by atoms with E-state index < -0.39 is 27.3 Å². The summed E-state index contributed by atoms with van der Waals surface area (Å²) in [5.41, 5.74) is 0.187. The van der Waals surface area contributed by atoms with E-state index in [1.54, 1.807) is 12.1 Å². The molecule has 0 aliphatic heterocycles. The highest BCUT2D eigenvalue weighted by molar-refractivity contribution is 7.90. The zero-order chi connectivity index (χ0) is 17.1. The number of aliphatic carboxylic acids is 1. The molecule has 23 heavy (non-hydrogen) atoms. The van der Waals surface area contributed by atoms with Gasteiger partial charge in [-0.05, 0) is 44.7 Å². The molecule has 2 rings (SSSR count). The number of hydrogen-bond donors (Lipinski definition) is 2. The average Bonchev–Trinajstić information content (AvgIpc) is 2.41. The van der Waals surface area contributed by atoms with E-state index in [1.165, 1.54) is 12.1 Å². The molecule has 0 spiro atoms. The largest absolute Gasteiger partial charge is 0.481 e. The number of carbonyl (C=O) groups is 2. The molecule has 1 aromatic rings. The SMILES string of the molecule is Cc1ccc(S(=O)(=O)NC(=O)C2(CCCC(=O)O)CCC2)cc1. The number of sulfonamides is 1. The molecule has 2 N–H and O–H groups in total. The maximum atomic E-state index is 12.4. The van der Waals surface area contributed by atoms with Gasteiger partial charge in [0.1, 0.15) is 0 Å². The Kier molecular flexibility index (Phi) is 5.09. The van der Waals surface area contributed by atoms with Gasteiger partial charge in [0.25, 0.3) is 10.0 Å². The summed E-state index contributed by atoms with van der Waals surface area (Å²) in [5.74, 6) is -1.43. The van der Waals surface area contributed by atoms with Gasteiger partial charge in [0.2, 0.25) is 5.91 Å². The van der Waals surface area contributed by atoms with Gasteiger partial charge in [0.15, 0.2) is 0 Å². The summed E-state index contributed by atoms with van der Waals surface area (Å²) in [6.45, 7) is 1.85. The minimum Gasteiger partial charge on any atom is -0.481 e. The standard InChI is InChI=1S/C16H21NO5S/c1-12-5-7-13(8-6-12)23(21,22)17-15(20)16(10-3-11-16)9-2-4-14(18)19/h5-8H,2-4,9-11H2,1H3,(H,17,20)(H,18,19). The van der Waals surface area contributed by atoms with Gasteiger partial charge in [-0.15, -0.1) is 0 Å². The van der Waals surface area contributed by atoms with Crippen LogP contribution in [0.15, 0.2) is 29.2 Å². The van der Waals surface area contributed by atoms with E-state index in [-0.39, 0.29) is 11.3 Å². The molecule has 6 nitrogen and oxygen atoms in total. The van der Waals surface area contributed by atoms with Crippen molar-refractivity contribution in [3.63, 3.8) is 0 Å². The number of carbonyl (C=O) groups excluding carboxylic acids is 1. The van der Waals surface area contributed by atoms with Crippen molar-refractivity contribution < 1.29 is 23.1 Å². The zero-order valence-corrected chi connectivity index (χ0v) is 13.9. The maximum Gasteiger partial charge on any atom is 0.303 e. The van der Waals surface area contributed by atoms with Crippen LogP contribution in [-0.4, -0.2) is 25.4 Å². The predicted octanol–water partition coefficient (Wildman–Crippen LogP) is 2.23. The fourth-order valence-electron chi connectivity index (χ4n) is 2.78. The van der Waals surface area contributed by atoms with E-state index >= 15 is 0 Å². The minimum absolute atomic E-state index is 0.0141. The molecule has 0 unspecified atom stereocenters. The highest BCUT2D eigenvalue weighted by atomic mass is 32.2. The van der Waals surface area contributed by atoms with E-state index in [4.69, 9.17) is 5.11 Å². The highest BCUT2D eigenvalue weighted by Gasteiger charge is 2.44. The first kappa shape index (κ1) is 17.5. The monoisotopic (exact) mass is 339 g/mol. The van der Waals surface area contributed by atoms with E-state index in [2.05, 4.69) is 4.72 Å². The number of aryl methyl sites for hydroxylation is 1. The summed E-state index contributed by atoms with van der Waals surface area (Å²) in [4.78, 5) is 23.1. The fraction of sp³-hybridized carbons (Fsp3) is 0.500. The van der Waals surface area contributed by atoms with Gasteiger partial charge in [-0.25, -0.2) is 13.1 Å². The molecule has 126 valence electrons. The second-order valence-corrected chi connectivity index (χ2v) is 7.81. The van der Waals surface area contributed by atoms with E-state index in [1.807, 2.05) is 6.92 Å². The van der Waals surface area contributed by atoms with Crippen LogP contribution < -0.4 is 4.72 Å². The van der Waals surface area contributed by atoms with Gasteiger partial charge in [-0.2, -0.15) is 0 Å². The first-order valence-corrected chi connectivity index (χ1v) is 9.09. The number of nitrogens with one attached hydrogen (secondary N) is 1. The van der Waals surface area contributed by atoms with Crippen molar-refractivity contribution in [1.29, 1.82) is 0 Å². The second-order valence-electron chi connectivity index (χ2n) is 6.13. The molecule has 0 radical (unpaired) electrons. The van der Waals surface area contributed by atoms with Crippen LogP contribution in [0.3, 0.4) is 0 Å². The molecule has 1 amide bonds. The summed E-state index contributed by atoms with van der Waals surface area (Å²) >= 11 is 0. The van der Waals surface area contributed by atoms with Crippen molar-refractivity contribution in [2.24, 2.45) is 5.41 Å². The van der Waals surface area contributed by atoms with Crippen molar-refractivity contribution >= 4 is 21.9 Å². The Morgan fingerprint density at radius 3 is 2.30 bits per heavy atom. The van der Waals surface area contributed by atoms with Crippen molar-refractivity contribution in [2.45, 2.75) is 50.3 Å². The number of benzene rings is 1. The number of carboxylic acids is 1. The summed E-state index contributed by atoms with van der Waals surface area (Å²) < 4.78 is 26.8. The van der Waals surface area contributed by atoms with Gasteiger partial charge in [0.05, 0.1) is 10.3 Å². The van der Waals surface area contributed by atoms with Crippen molar-refractivity contribution in [3.05, 3.63) is 29.8 Å². The van der Waals surface area contributed by atoms with E-state index in [0.29, 0.717) is 25.7 Å². The highest BCUT2D eigenvalue weighted by Crippen LogP contribution is 2.45. The minimum atomic E-state index is -3.89. The molecule has 1 aliphatic rings. The van der Waals surface area contributed by atoms with Crippen LogP contribution in [0, 0.1) is 12.3 Å². The molecule has 1 aromatic carbocycles. The lowest BCUT2D eigenvalue weighted by atomic mass is 9.65. The molecule has 0 atom stereocenters. The Morgan fingerprint density at radius 1 is 1.22 bits per heavy atom.